The zero-order valence-electron chi connectivity index (χ0n) is 18.4. The fraction of sp³-hybridized carbons (Fsp3) is 0.500. The third-order valence-electron chi connectivity index (χ3n) is 6.40. The highest BCUT2D eigenvalue weighted by molar-refractivity contribution is 5.94. The van der Waals surface area contributed by atoms with E-state index < -0.39 is 0 Å². The minimum absolute atomic E-state index is 0.0795. The molecule has 1 N–H and O–H groups in total. The average Bonchev–Trinajstić information content (AvgIpc) is 2.75. The Kier molecular flexibility index (Phi) is 5.95. The second kappa shape index (κ2) is 8.64. The van der Waals surface area contributed by atoms with Gasteiger partial charge in [-0.15, -0.1) is 0 Å². The topological polar surface area (TPSA) is 57.7 Å². The lowest BCUT2D eigenvalue weighted by Crippen LogP contribution is -2.49. The van der Waals surface area contributed by atoms with Gasteiger partial charge in [0, 0.05) is 54.6 Å². The molecule has 1 amide bonds. The number of rotatable bonds is 4. The highest BCUT2D eigenvalue weighted by atomic mass is 16.5. The normalized spacial score (nSPS) is 23.8. The van der Waals surface area contributed by atoms with Crippen LogP contribution in [0.25, 0.3) is 0 Å². The summed E-state index contributed by atoms with van der Waals surface area (Å²) in [5.41, 5.74) is 4.35. The molecule has 0 saturated carbocycles. The number of hydrogen-bond acceptors (Lipinski definition) is 5. The van der Waals surface area contributed by atoms with Crippen molar-refractivity contribution in [1.29, 1.82) is 0 Å². The summed E-state index contributed by atoms with van der Waals surface area (Å²) in [5.74, 6) is 1.22. The van der Waals surface area contributed by atoms with Crippen LogP contribution < -0.4 is 15.1 Å². The predicted octanol–water partition coefficient (Wildman–Crippen LogP) is 4.16. The molecule has 0 bridgehead atoms. The van der Waals surface area contributed by atoms with Crippen molar-refractivity contribution in [3.05, 3.63) is 47.7 Å². The van der Waals surface area contributed by atoms with Crippen molar-refractivity contribution in [3.63, 3.8) is 0 Å². The molecule has 6 heteroatoms. The van der Waals surface area contributed by atoms with Crippen molar-refractivity contribution in [2.75, 3.05) is 41.4 Å². The van der Waals surface area contributed by atoms with Crippen LogP contribution >= 0.6 is 0 Å². The molecule has 1 fully saturated rings. The van der Waals surface area contributed by atoms with Gasteiger partial charge in [0.25, 0.3) is 0 Å². The van der Waals surface area contributed by atoms with Crippen LogP contribution in [0.5, 0.6) is 0 Å². The van der Waals surface area contributed by atoms with Crippen molar-refractivity contribution in [1.82, 2.24) is 4.98 Å². The Bertz CT molecular complexity index is 910. The van der Waals surface area contributed by atoms with Gasteiger partial charge in [-0.3, -0.25) is 4.79 Å². The number of aromatic nitrogens is 1. The van der Waals surface area contributed by atoms with E-state index in [2.05, 4.69) is 47.2 Å². The molecular formula is C24H32N4O2. The smallest absolute Gasteiger partial charge is 0.224 e. The minimum Gasteiger partial charge on any atom is -0.378 e. The van der Waals surface area contributed by atoms with Gasteiger partial charge in [-0.2, -0.15) is 0 Å². The number of amides is 1. The van der Waals surface area contributed by atoms with Crippen molar-refractivity contribution >= 4 is 23.1 Å². The highest BCUT2D eigenvalue weighted by Crippen LogP contribution is 2.44. The summed E-state index contributed by atoms with van der Waals surface area (Å²) < 4.78 is 5.52. The summed E-state index contributed by atoms with van der Waals surface area (Å²) in [6, 6.07) is 12.8. The van der Waals surface area contributed by atoms with Gasteiger partial charge in [-0.05, 0) is 43.7 Å². The zero-order chi connectivity index (χ0) is 21.3. The van der Waals surface area contributed by atoms with Crippen LogP contribution in [-0.4, -0.2) is 43.2 Å². The summed E-state index contributed by atoms with van der Waals surface area (Å²) in [6.07, 6.45) is 0.908. The van der Waals surface area contributed by atoms with E-state index in [0.29, 0.717) is 0 Å². The molecule has 2 aromatic rings. The fourth-order valence-corrected chi connectivity index (χ4v) is 4.90. The Balaban J connectivity index is 1.78. The molecule has 2 aliphatic heterocycles. The molecular weight excluding hydrogens is 376 g/mol. The first kappa shape index (κ1) is 20.7. The third-order valence-corrected chi connectivity index (χ3v) is 6.40. The number of nitrogens with one attached hydrogen (secondary N) is 1. The number of ether oxygens (including phenoxy) is 1. The third kappa shape index (κ3) is 3.88. The summed E-state index contributed by atoms with van der Waals surface area (Å²) in [4.78, 5) is 21.7. The quantitative estimate of drug-likeness (QED) is 0.823. The molecule has 1 aromatic carbocycles. The monoisotopic (exact) mass is 408 g/mol. The SMILES string of the molecule is CCC1C(C)C(Nc2cccc(C)n2)c2cc(N3CCOCC3)ccc2N1C(C)=O. The molecule has 3 heterocycles. The molecule has 3 atom stereocenters. The molecule has 6 nitrogen and oxygen atoms in total. The number of hydrogen-bond donors (Lipinski definition) is 1. The molecule has 3 unspecified atom stereocenters. The van der Waals surface area contributed by atoms with Gasteiger partial charge >= 0.3 is 0 Å². The van der Waals surface area contributed by atoms with Gasteiger partial charge in [0.2, 0.25) is 5.91 Å². The van der Waals surface area contributed by atoms with Gasteiger partial charge in [-0.25, -0.2) is 4.98 Å². The Morgan fingerprint density at radius 1 is 1.23 bits per heavy atom. The molecule has 0 spiro atoms. The summed E-state index contributed by atoms with van der Waals surface area (Å²) in [5, 5.41) is 3.69. The number of benzene rings is 1. The number of carbonyl (C=O) groups excluding carboxylic acids is 1. The number of aryl methyl sites for hydroxylation is 1. The van der Waals surface area contributed by atoms with E-state index in [1.807, 2.05) is 30.0 Å². The second-order valence-electron chi connectivity index (χ2n) is 8.35. The Hall–Kier alpha value is -2.60. The Labute approximate surface area is 179 Å². The van der Waals surface area contributed by atoms with E-state index in [9.17, 15) is 4.79 Å². The van der Waals surface area contributed by atoms with Gasteiger partial charge in [0.05, 0.1) is 19.3 Å². The van der Waals surface area contributed by atoms with Gasteiger partial charge in [-0.1, -0.05) is 19.9 Å². The Morgan fingerprint density at radius 2 is 2.00 bits per heavy atom. The second-order valence-corrected chi connectivity index (χ2v) is 8.35. The lowest BCUT2D eigenvalue weighted by atomic mass is 9.80. The Morgan fingerprint density at radius 3 is 2.67 bits per heavy atom. The van der Waals surface area contributed by atoms with E-state index in [1.165, 1.54) is 5.69 Å². The maximum Gasteiger partial charge on any atom is 0.224 e. The molecule has 30 heavy (non-hydrogen) atoms. The lowest BCUT2D eigenvalue weighted by Gasteiger charge is -2.45. The fourth-order valence-electron chi connectivity index (χ4n) is 4.90. The molecule has 4 rings (SSSR count). The molecule has 1 saturated heterocycles. The molecule has 0 aliphatic carbocycles. The molecule has 2 aliphatic rings. The van der Waals surface area contributed by atoms with Crippen LogP contribution in [-0.2, 0) is 9.53 Å². The van der Waals surface area contributed by atoms with Gasteiger partial charge in [0.1, 0.15) is 5.82 Å². The predicted molar refractivity (Wildman–Crippen MR) is 121 cm³/mol. The minimum atomic E-state index is 0.0795. The standard InChI is InChI=1S/C24H32N4O2/c1-5-21-17(3)24(26-23-8-6-7-16(2)25-23)20-15-19(27-11-13-30-14-12-27)9-10-22(20)28(21)18(4)29/h6-10,15,17,21,24H,5,11-14H2,1-4H3,(H,25,26). The van der Waals surface area contributed by atoms with Crippen LogP contribution in [0.1, 0.15) is 44.5 Å². The van der Waals surface area contributed by atoms with E-state index in [1.54, 1.807) is 6.92 Å². The maximum atomic E-state index is 12.6. The van der Waals surface area contributed by atoms with E-state index >= 15 is 0 Å². The summed E-state index contributed by atoms with van der Waals surface area (Å²) >= 11 is 0. The van der Waals surface area contributed by atoms with Crippen molar-refractivity contribution in [2.45, 2.75) is 46.2 Å². The van der Waals surface area contributed by atoms with Crippen LogP contribution in [0.15, 0.2) is 36.4 Å². The number of morpholine rings is 1. The van der Waals surface area contributed by atoms with Crippen molar-refractivity contribution in [2.24, 2.45) is 5.92 Å². The van der Waals surface area contributed by atoms with Crippen LogP contribution in [0.2, 0.25) is 0 Å². The van der Waals surface area contributed by atoms with Crippen LogP contribution in [0, 0.1) is 12.8 Å². The van der Waals surface area contributed by atoms with Gasteiger partial charge < -0.3 is 19.9 Å². The molecule has 160 valence electrons. The zero-order valence-corrected chi connectivity index (χ0v) is 18.4. The maximum absolute atomic E-state index is 12.6. The summed E-state index contributed by atoms with van der Waals surface area (Å²) in [7, 11) is 0. The first-order valence-electron chi connectivity index (χ1n) is 11.0. The van der Waals surface area contributed by atoms with Gasteiger partial charge in [0.15, 0.2) is 0 Å². The molecule has 1 aromatic heterocycles. The van der Waals surface area contributed by atoms with Crippen molar-refractivity contribution in [3.8, 4) is 0 Å². The first-order chi connectivity index (χ1) is 14.5. The lowest BCUT2D eigenvalue weighted by molar-refractivity contribution is -0.117. The first-order valence-corrected chi connectivity index (χ1v) is 11.0. The summed E-state index contributed by atoms with van der Waals surface area (Å²) in [6.45, 7) is 11.4. The van der Waals surface area contributed by atoms with E-state index in [-0.39, 0.29) is 23.9 Å². The number of nitrogens with zero attached hydrogens (tertiary/aromatic N) is 3. The molecule has 0 radical (unpaired) electrons. The largest absolute Gasteiger partial charge is 0.378 e. The van der Waals surface area contributed by atoms with Crippen LogP contribution in [0.3, 0.4) is 0 Å². The number of anilines is 3. The highest BCUT2D eigenvalue weighted by Gasteiger charge is 2.40. The number of fused-ring (bicyclic) bond motifs is 1. The average molecular weight is 409 g/mol. The number of carbonyl (C=O) groups is 1. The van der Waals surface area contributed by atoms with Crippen LogP contribution in [0.4, 0.5) is 17.2 Å². The van der Waals surface area contributed by atoms with Crippen molar-refractivity contribution < 1.29 is 9.53 Å². The van der Waals surface area contributed by atoms with E-state index in [0.717, 1.165) is 55.5 Å². The number of pyridine rings is 1. The van der Waals surface area contributed by atoms with E-state index in [4.69, 9.17) is 4.74 Å².